The van der Waals surface area contributed by atoms with Crippen molar-refractivity contribution in [1.82, 2.24) is 10.3 Å². The second-order valence-corrected chi connectivity index (χ2v) is 7.25. The zero-order valence-electron chi connectivity index (χ0n) is 12.5. The Morgan fingerprint density at radius 3 is 2.73 bits per heavy atom. The summed E-state index contributed by atoms with van der Waals surface area (Å²) in [6.45, 7) is 0.145. The number of nitrogens with zero attached hydrogens (tertiary/aromatic N) is 1. The largest absolute Gasteiger partial charge is 0.474 e. The van der Waals surface area contributed by atoms with Crippen LogP contribution in [0.25, 0.3) is 0 Å². The van der Waals surface area contributed by atoms with Crippen LogP contribution in [0.1, 0.15) is 36.0 Å². The molecule has 120 valence electrons. The van der Waals surface area contributed by atoms with Gasteiger partial charge in [-0.05, 0) is 31.7 Å². The Morgan fingerprint density at radius 2 is 2.14 bits per heavy atom. The molecule has 0 unspecified atom stereocenters. The summed E-state index contributed by atoms with van der Waals surface area (Å²) in [6, 6.07) is 3.33. The third-order valence-electron chi connectivity index (χ3n) is 3.31. The van der Waals surface area contributed by atoms with E-state index in [1.165, 1.54) is 25.1 Å². The van der Waals surface area contributed by atoms with Crippen molar-refractivity contribution in [2.75, 3.05) is 12.8 Å². The molecule has 1 aliphatic carbocycles. The molecule has 1 aliphatic rings. The summed E-state index contributed by atoms with van der Waals surface area (Å²) in [5, 5.41) is 3.65. The summed E-state index contributed by atoms with van der Waals surface area (Å²) < 4.78 is 27.5. The minimum absolute atomic E-state index is 0.145. The molecule has 0 bridgehead atoms. The first kappa shape index (κ1) is 16.5. The molecule has 1 N–H and O–H groups in total. The molecule has 1 saturated carbocycles. The number of aromatic nitrogens is 1. The molecule has 0 atom stereocenters. The van der Waals surface area contributed by atoms with Gasteiger partial charge in [0.15, 0.2) is 9.84 Å². The smallest absolute Gasteiger partial charge is 0.253 e. The van der Waals surface area contributed by atoms with Gasteiger partial charge in [0.1, 0.15) is 6.10 Å². The van der Waals surface area contributed by atoms with Gasteiger partial charge in [0.2, 0.25) is 5.88 Å². The topological polar surface area (TPSA) is 85.4 Å². The molecule has 1 amide bonds. The second kappa shape index (κ2) is 7.40. The van der Waals surface area contributed by atoms with E-state index in [1.54, 1.807) is 12.1 Å². The summed E-state index contributed by atoms with van der Waals surface area (Å²) >= 11 is 0. The molecule has 0 saturated heterocycles. The maximum atomic E-state index is 11.8. The van der Waals surface area contributed by atoms with Crippen molar-refractivity contribution in [3.8, 4) is 5.88 Å². The standard InChI is InChI=1S/C15H20N2O4S/c1-22(19,20)10-4-9-16-15(18)12-7-8-14(17-11-12)21-13-5-2-3-6-13/h4,7-8,10-11,13H,2-3,5-6,9H2,1H3,(H,16,18)/b10-4+. The van der Waals surface area contributed by atoms with Crippen molar-refractivity contribution in [2.24, 2.45) is 0 Å². The third kappa shape index (κ3) is 5.48. The average Bonchev–Trinajstić information content (AvgIpc) is 2.96. The molecule has 1 fully saturated rings. The minimum atomic E-state index is -3.16. The Kier molecular flexibility index (Phi) is 5.54. The monoisotopic (exact) mass is 324 g/mol. The van der Waals surface area contributed by atoms with Gasteiger partial charge >= 0.3 is 0 Å². The van der Waals surface area contributed by atoms with Crippen LogP contribution in [0.3, 0.4) is 0 Å². The van der Waals surface area contributed by atoms with E-state index < -0.39 is 9.84 Å². The van der Waals surface area contributed by atoms with Crippen LogP contribution < -0.4 is 10.1 Å². The van der Waals surface area contributed by atoms with Crippen LogP contribution in [0.4, 0.5) is 0 Å². The molecule has 1 aromatic heterocycles. The van der Waals surface area contributed by atoms with Crippen LogP contribution in [0.15, 0.2) is 29.8 Å². The number of hydrogen-bond acceptors (Lipinski definition) is 5. The highest BCUT2D eigenvalue weighted by Gasteiger charge is 2.17. The molecular weight excluding hydrogens is 304 g/mol. The van der Waals surface area contributed by atoms with E-state index in [4.69, 9.17) is 4.74 Å². The predicted molar refractivity (Wildman–Crippen MR) is 83.4 cm³/mol. The van der Waals surface area contributed by atoms with Gasteiger partial charge in [-0.3, -0.25) is 4.79 Å². The van der Waals surface area contributed by atoms with Gasteiger partial charge < -0.3 is 10.1 Å². The van der Waals surface area contributed by atoms with Crippen molar-refractivity contribution in [3.63, 3.8) is 0 Å². The van der Waals surface area contributed by atoms with Crippen LogP contribution in [-0.4, -0.2) is 38.2 Å². The number of pyridine rings is 1. The lowest BCUT2D eigenvalue weighted by Gasteiger charge is -2.11. The van der Waals surface area contributed by atoms with Gasteiger partial charge in [0.05, 0.1) is 5.56 Å². The SMILES string of the molecule is CS(=O)(=O)/C=C/CNC(=O)c1ccc(OC2CCCC2)nc1. The number of carbonyl (C=O) groups excluding carboxylic acids is 1. The summed E-state index contributed by atoms with van der Waals surface area (Å²) in [6.07, 6.45) is 8.65. The first-order valence-electron chi connectivity index (χ1n) is 7.21. The van der Waals surface area contributed by atoms with Crippen molar-refractivity contribution >= 4 is 15.7 Å². The average molecular weight is 324 g/mol. The van der Waals surface area contributed by atoms with Crippen LogP contribution in [0.2, 0.25) is 0 Å². The number of nitrogens with one attached hydrogen (secondary N) is 1. The summed E-state index contributed by atoms with van der Waals surface area (Å²) in [4.78, 5) is 16.0. The lowest BCUT2D eigenvalue weighted by Crippen LogP contribution is -2.23. The fraction of sp³-hybridized carbons (Fsp3) is 0.467. The first-order valence-corrected chi connectivity index (χ1v) is 9.17. The fourth-order valence-electron chi connectivity index (χ4n) is 2.24. The van der Waals surface area contributed by atoms with E-state index in [2.05, 4.69) is 10.3 Å². The third-order valence-corrected chi connectivity index (χ3v) is 4.00. The highest BCUT2D eigenvalue weighted by Crippen LogP contribution is 2.22. The van der Waals surface area contributed by atoms with E-state index >= 15 is 0 Å². The van der Waals surface area contributed by atoms with E-state index in [-0.39, 0.29) is 18.6 Å². The van der Waals surface area contributed by atoms with E-state index in [0.29, 0.717) is 11.4 Å². The summed E-state index contributed by atoms with van der Waals surface area (Å²) in [5.74, 6) is 0.221. The Balaban J connectivity index is 1.84. The maximum Gasteiger partial charge on any atom is 0.253 e. The molecule has 0 aromatic carbocycles. The molecule has 6 nitrogen and oxygen atoms in total. The van der Waals surface area contributed by atoms with E-state index in [1.807, 2.05) is 0 Å². The first-order chi connectivity index (χ1) is 10.4. The lowest BCUT2D eigenvalue weighted by atomic mass is 10.2. The van der Waals surface area contributed by atoms with Gasteiger partial charge in [-0.2, -0.15) is 0 Å². The molecule has 0 aliphatic heterocycles. The van der Waals surface area contributed by atoms with Crippen LogP contribution >= 0.6 is 0 Å². The van der Waals surface area contributed by atoms with Crippen LogP contribution in [-0.2, 0) is 9.84 Å². The molecule has 0 spiro atoms. The van der Waals surface area contributed by atoms with Gasteiger partial charge in [-0.1, -0.05) is 6.08 Å². The number of carbonyl (C=O) groups is 1. The fourth-order valence-corrected chi connectivity index (χ4v) is 2.68. The Bertz CT molecular complexity index is 632. The highest BCUT2D eigenvalue weighted by atomic mass is 32.2. The highest BCUT2D eigenvalue weighted by molar-refractivity contribution is 7.93. The molecule has 0 radical (unpaired) electrons. The minimum Gasteiger partial charge on any atom is -0.474 e. The summed E-state index contributed by atoms with van der Waals surface area (Å²) in [5.41, 5.74) is 0.409. The van der Waals surface area contributed by atoms with Crippen molar-refractivity contribution < 1.29 is 17.9 Å². The molecule has 7 heteroatoms. The Labute approximate surface area is 130 Å². The number of ether oxygens (including phenoxy) is 1. The summed E-state index contributed by atoms with van der Waals surface area (Å²) in [7, 11) is -3.16. The van der Waals surface area contributed by atoms with Crippen LogP contribution in [0.5, 0.6) is 5.88 Å². The Morgan fingerprint density at radius 1 is 1.41 bits per heavy atom. The van der Waals surface area contributed by atoms with Crippen molar-refractivity contribution in [1.29, 1.82) is 0 Å². The van der Waals surface area contributed by atoms with Crippen molar-refractivity contribution in [3.05, 3.63) is 35.4 Å². The van der Waals surface area contributed by atoms with E-state index in [9.17, 15) is 13.2 Å². The van der Waals surface area contributed by atoms with Gasteiger partial charge in [0, 0.05) is 30.5 Å². The van der Waals surface area contributed by atoms with Gasteiger partial charge in [0.25, 0.3) is 5.91 Å². The normalized spacial score (nSPS) is 16.0. The molecular formula is C15H20N2O4S. The van der Waals surface area contributed by atoms with Gasteiger partial charge in [-0.15, -0.1) is 0 Å². The Hall–Kier alpha value is -1.89. The van der Waals surface area contributed by atoms with Gasteiger partial charge in [-0.25, -0.2) is 13.4 Å². The second-order valence-electron chi connectivity index (χ2n) is 5.32. The number of sulfone groups is 1. The number of hydrogen-bond donors (Lipinski definition) is 1. The number of amides is 1. The quantitative estimate of drug-likeness (QED) is 0.860. The molecule has 1 heterocycles. The van der Waals surface area contributed by atoms with Crippen molar-refractivity contribution in [2.45, 2.75) is 31.8 Å². The number of rotatable bonds is 6. The predicted octanol–water partition coefficient (Wildman–Crippen LogP) is 1.69. The zero-order valence-corrected chi connectivity index (χ0v) is 13.3. The molecule has 2 rings (SSSR count). The molecule has 1 aromatic rings. The zero-order chi connectivity index (χ0) is 16.0. The van der Waals surface area contributed by atoms with E-state index in [0.717, 1.165) is 24.5 Å². The molecule has 22 heavy (non-hydrogen) atoms. The lowest BCUT2D eigenvalue weighted by molar-refractivity contribution is 0.0957. The van der Waals surface area contributed by atoms with Crippen LogP contribution in [0, 0.1) is 0 Å². The maximum absolute atomic E-state index is 11.8.